The predicted octanol–water partition coefficient (Wildman–Crippen LogP) is 4.10. The molecular formula is C18H19F2NO2. The molecule has 0 bridgehead atoms. The van der Waals surface area contributed by atoms with Crippen molar-refractivity contribution in [1.82, 2.24) is 5.32 Å². The van der Waals surface area contributed by atoms with E-state index >= 15 is 0 Å². The lowest BCUT2D eigenvalue weighted by atomic mass is 9.95. The Labute approximate surface area is 134 Å². The maximum absolute atomic E-state index is 13.7. The molecule has 0 aliphatic carbocycles. The van der Waals surface area contributed by atoms with Crippen LogP contribution in [0.15, 0.2) is 42.5 Å². The number of carbonyl (C=O) groups is 1. The Morgan fingerprint density at radius 1 is 1.09 bits per heavy atom. The van der Waals surface area contributed by atoms with Crippen LogP contribution in [0.2, 0.25) is 0 Å². The average Bonchev–Trinajstić information content (AvgIpc) is 2.52. The van der Waals surface area contributed by atoms with Gasteiger partial charge < -0.3 is 10.1 Å². The number of halogens is 2. The molecule has 0 aliphatic heterocycles. The molecule has 5 heteroatoms. The SMILES string of the molecule is COc1ccc(C(NC(=O)c2ccc(F)cc2F)C(C)C)cc1. The molecule has 23 heavy (non-hydrogen) atoms. The molecule has 1 amide bonds. The molecule has 0 spiro atoms. The standard InChI is InChI=1S/C18H19F2NO2/c1-11(2)17(12-4-7-14(23-3)8-5-12)21-18(22)15-9-6-13(19)10-16(15)20/h4-11,17H,1-3H3,(H,21,22). The molecule has 3 nitrogen and oxygen atoms in total. The third-order valence-electron chi connectivity index (χ3n) is 3.60. The monoisotopic (exact) mass is 319 g/mol. The number of amides is 1. The average molecular weight is 319 g/mol. The summed E-state index contributed by atoms with van der Waals surface area (Å²) in [5, 5.41) is 2.80. The summed E-state index contributed by atoms with van der Waals surface area (Å²) in [6.07, 6.45) is 0. The van der Waals surface area contributed by atoms with Crippen LogP contribution in [-0.2, 0) is 0 Å². The number of hydrogen-bond acceptors (Lipinski definition) is 2. The van der Waals surface area contributed by atoms with Crippen molar-refractivity contribution >= 4 is 5.91 Å². The van der Waals surface area contributed by atoms with E-state index in [1.807, 2.05) is 26.0 Å². The molecule has 0 fully saturated rings. The Bertz CT molecular complexity index is 684. The molecule has 2 aromatic carbocycles. The van der Waals surface area contributed by atoms with Gasteiger partial charge in [0.15, 0.2) is 0 Å². The predicted molar refractivity (Wildman–Crippen MR) is 84.4 cm³/mol. The topological polar surface area (TPSA) is 38.3 Å². The molecular weight excluding hydrogens is 300 g/mol. The van der Waals surface area contributed by atoms with Gasteiger partial charge in [0.1, 0.15) is 17.4 Å². The number of rotatable bonds is 5. The van der Waals surface area contributed by atoms with Crippen LogP contribution in [-0.4, -0.2) is 13.0 Å². The highest BCUT2D eigenvalue weighted by Gasteiger charge is 2.21. The van der Waals surface area contributed by atoms with E-state index in [1.54, 1.807) is 19.2 Å². The second kappa shape index (κ2) is 7.22. The van der Waals surface area contributed by atoms with E-state index in [0.717, 1.165) is 17.7 Å². The van der Waals surface area contributed by atoms with Crippen molar-refractivity contribution < 1.29 is 18.3 Å². The summed E-state index contributed by atoms with van der Waals surface area (Å²) < 4.78 is 31.8. The molecule has 0 saturated heterocycles. The normalized spacial score (nSPS) is 12.1. The highest BCUT2D eigenvalue weighted by Crippen LogP contribution is 2.24. The van der Waals surface area contributed by atoms with Gasteiger partial charge in [-0.25, -0.2) is 8.78 Å². The summed E-state index contributed by atoms with van der Waals surface area (Å²) in [6, 6.07) is 9.92. The number of hydrogen-bond donors (Lipinski definition) is 1. The van der Waals surface area contributed by atoms with E-state index < -0.39 is 17.5 Å². The van der Waals surface area contributed by atoms with Gasteiger partial charge >= 0.3 is 0 Å². The fourth-order valence-corrected chi connectivity index (χ4v) is 2.34. The fraction of sp³-hybridized carbons (Fsp3) is 0.278. The number of carbonyl (C=O) groups excluding carboxylic acids is 1. The largest absolute Gasteiger partial charge is 0.497 e. The van der Waals surface area contributed by atoms with Gasteiger partial charge in [-0.05, 0) is 35.7 Å². The fourth-order valence-electron chi connectivity index (χ4n) is 2.34. The molecule has 0 heterocycles. The molecule has 0 radical (unpaired) electrons. The quantitative estimate of drug-likeness (QED) is 0.901. The Balaban J connectivity index is 2.23. The number of ether oxygens (including phenoxy) is 1. The molecule has 1 unspecified atom stereocenters. The van der Waals surface area contributed by atoms with Crippen molar-refractivity contribution in [2.75, 3.05) is 7.11 Å². The van der Waals surface area contributed by atoms with Crippen LogP contribution < -0.4 is 10.1 Å². The maximum atomic E-state index is 13.7. The highest BCUT2D eigenvalue weighted by atomic mass is 19.1. The van der Waals surface area contributed by atoms with Gasteiger partial charge in [-0.1, -0.05) is 26.0 Å². The van der Waals surface area contributed by atoms with Crippen LogP contribution in [0.25, 0.3) is 0 Å². The minimum atomic E-state index is -0.875. The minimum absolute atomic E-state index is 0.0934. The van der Waals surface area contributed by atoms with E-state index in [1.165, 1.54) is 0 Å². The van der Waals surface area contributed by atoms with Crippen LogP contribution in [0.4, 0.5) is 8.78 Å². The summed E-state index contributed by atoms with van der Waals surface area (Å²) in [4.78, 5) is 12.3. The lowest BCUT2D eigenvalue weighted by molar-refractivity contribution is 0.0921. The Morgan fingerprint density at radius 3 is 2.26 bits per heavy atom. The highest BCUT2D eigenvalue weighted by molar-refractivity contribution is 5.94. The summed E-state index contributed by atoms with van der Waals surface area (Å²) in [5.74, 6) is -1.35. The van der Waals surface area contributed by atoms with Crippen molar-refractivity contribution in [1.29, 1.82) is 0 Å². The zero-order valence-corrected chi connectivity index (χ0v) is 13.3. The van der Waals surface area contributed by atoms with Crippen molar-refractivity contribution in [3.8, 4) is 5.75 Å². The second-order valence-electron chi connectivity index (χ2n) is 5.59. The van der Waals surface area contributed by atoms with Crippen molar-refractivity contribution in [2.45, 2.75) is 19.9 Å². The first-order valence-electron chi connectivity index (χ1n) is 7.32. The van der Waals surface area contributed by atoms with E-state index in [0.29, 0.717) is 11.8 Å². The third kappa shape index (κ3) is 4.06. The Kier molecular flexibility index (Phi) is 5.32. The zero-order chi connectivity index (χ0) is 17.0. The second-order valence-corrected chi connectivity index (χ2v) is 5.59. The van der Waals surface area contributed by atoms with Gasteiger partial charge in [0.2, 0.25) is 0 Å². The lowest BCUT2D eigenvalue weighted by Crippen LogP contribution is -2.32. The smallest absolute Gasteiger partial charge is 0.254 e. The first kappa shape index (κ1) is 16.9. The molecule has 122 valence electrons. The van der Waals surface area contributed by atoms with Gasteiger partial charge in [0.25, 0.3) is 5.91 Å². The van der Waals surface area contributed by atoms with Crippen LogP contribution >= 0.6 is 0 Å². The van der Waals surface area contributed by atoms with Crippen molar-refractivity contribution in [3.63, 3.8) is 0 Å². The van der Waals surface area contributed by atoms with Crippen LogP contribution in [0, 0.1) is 17.6 Å². The minimum Gasteiger partial charge on any atom is -0.497 e. The molecule has 1 N–H and O–H groups in total. The van der Waals surface area contributed by atoms with Gasteiger partial charge in [-0.15, -0.1) is 0 Å². The first-order chi connectivity index (χ1) is 10.9. The number of nitrogens with one attached hydrogen (secondary N) is 1. The Morgan fingerprint density at radius 2 is 1.74 bits per heavy atom. The Hall–Kier alpha value is -2.43. The molecule has 2 aromatic rings. The van der Waals surface area contributed by atoms with E-state index in [-0.39, 0.29) is 17.5 Å². The van der Waals surface area contributed by atoms with Crippen molar-refractivity contribution in [2.24, 2.45) is 5.92 Å². The number of methoxy groups -OCH3 is 1. The lowest BCUT2D eigenvalue weighted by Gasteiger charge is -2.23. The van der Waals surface area contributed by atoms with Gasteiger partial charge in [0, 0.05) is 6.07 Å². The molecule has 0 aromatic heterocycles. The number of benzene rings is 2. The summed E-state index contributed by atoms with van der Waals surface area (Å²) in [6.45, 7) is 3.91. The van der Waals surface area contributed by atoms with E-state index in [4.69, 9.17) is 4.74 Å². The van der Waals surface area contributed by atoms with Crippen LogP contribution in [0.5, 0.6) is 5.75 Å². The molecule has 1 atom stereocenters. The van der Waals surface area contributed by atoms with Gasteiger partial charge in [0.05, 0.1) is 18.7 Å². The van der Waals surface area contributed by atoms with E-state index in [9.17, 15) is 13.6 Å². The molecule has 0 aliphatic rings. The summed E-state index contributed by atoms with van der Waals surface area (Å²) >= 11 is 0. The molecule has 0 saturated carbocycles. The van der Waals surface area contributed by atoms with Crippen molar-refractivity contribution in [3.05, 3.63) is 65.2 Å². The summed E-state index contributed by atoms with van der Waals surface area (Å²) in [7, 11) is 1.58. The third-order valence-corrected chi connectivity index (χ3v) is 3.60. The molecule has 2 rings (SSSR count). The zero-order valence-electron chi connectivity index (χ0n) is 13.3. The first-order valence-corrected chi connectivity index (χ1v) is 7.32. The van der Waals surface area contributed by atoms with Crippen LogP contribution in [0.3, 0.4) is 0 Å². The van der Waals surface area contributed by atoms with Crippen LogP contribution in [0.1, 0.15) is 35.8 Å². The maximum Gasteiger partial charge on any atom is 0.254 e. The summed E-state index contributed by atoms with van der Waals surface area (Å²) in [5.41, 5.74) is 0.710. The van der Waals surface area contributed by atoms with Gasteiger partial charge in [-0.2, -0.15) is 0 Å². The van der Waals surface area contributed by atoms with Gasteiger partial charge in [-0.3, -0.25) is 4.79 Å². The van der Waals surface area contributed by atoms with E-state index in [2.05, 4.69) is 5.32 Å².